The second kappa shape index (κ2) is 3.64. The van der Waals surface area contributed by atoms with Gasteiger partial charge in [0.05, 0.1) is 4.21 Å². The lowest BCUT2D eigenvalue weighted by Crippen LogP contribution is -1.76. The first kappa shape index (κ1) is 9.56. The third kappa shape index (κ3) is 1.65. The highest BCUT2D eigenvalue weighted by atomic mass is 79.9. The Hall–Kier alpha value is 0.01000. The Morgan fingerprint density at radius 3 is 2.92 bits per heavy atom. The van der Waals surface area contributed by atoms with Crippen LogP contribution in [-0.4, -0.2) is 0 Å². The summed E-state index contributed by atoms with van der Waals surface area (Å²) >= 11 is 9.65. The largest absolute Gasteiger partial charge is 0.132 e. The highest BCUT2D eigenvalue weighted by molar-refractivity contribution is 9.10. The van der Waals surface area contributed by atoms with Crippen molar-refractivity contribution in [1.82, 2.24) is 0 Å². The Morgan fingerprint density at radius 2 is 2.23 bits per heavy atom. The van der Waals surface area contributed by atoms with Gasteiger partial charge < -0.3 is 0 Å². The van der Waals surface area contributed by atoms with Gasteiger partial charge in [0.2, 0.25) is 0 Å². The third-order valence-electron chi connectivity index (χ3n) is 2.09. The maximum Gasteiger partial charge on any atom is 0.0723 e. The van der Waals surface area contributed by atoms with E-state index in [1.165, 1.54) is 15.6 Å². The van der Waals surface area contributed by atoms with E-state index in [2.05, 4.69) is 53.7 Å². The fourth-order valence-electron chi connectivity index (χ4n) is 1.32. The van der Waals surface area contributed by atoms with Crippen LogP contribution < -0.4 is 0 Å². The van der Waals surface area contributed by atoms with Gasteiger partial charge in [0.15, 0.2) is 0 Å². The Balaban J connectivity index is 2.73. The van der Waals surface area contributed by atoms with E-state index in [4.69, 9.17) is 0 Å². The Labute approximate surface area is 95.5 Å². The Morgan fingerprint density at radius 1 is 1.46 bits per heavy atom. The lowest BCUT2D eigenvalue weighted by molar-refractivity contribution is 1.15. The zero-order valence-corrected chi connectivity index (χ0v) is 10.5. The lowest BCUT2D eigenvalue weighted by Gasteiger charge is -1.95. The molecule has 0 N–H and O–H groups in total. The molecule has 0 spiro atoms. The summed E-state index contributed by atoms with van der Waals surface area (Å²) in [6, 6.07) is 6.58. The summed E-state index contributed by atoms with van der Waals surface area (Å²) in [5, 5.41) is 1.27. The second-order valence-corrected chi connectivity index (χ2v) is 5.50. The number of thiol groups is 1. The van der Waals surface area contributed by atoms with Crippen molar-refractivity contribution >= 4 is 50.0 Å². The van der Waals surface area contributed by atoms with Gasteiger partial charge in [-0.3, -0.25) is 0 Å². The average molecular weight is 273 g/mol. The number of hydrogen-bond donors (Lipinski definition) is 1. The van der Waals surface area contributed by atoms with Crippen LogP contribution in [0.2, 0.25) is 0 Å². The number of halogens is 1. The minimum Gasteiger partial charge on any atom is -0.132 e. The molecule has 2 aromatic rings. The number of thiophene rings is 1. The summed E-state index contributed by atoms with van der Waals surface area (Å²) in [6.45, 7) is 2.17. The van der Waals surface area contributed by atoms with Crippen LogP contribution >= 0.6 is 39.9 Å². The van der Waals surface area contributed by atoms with Gasteiger partial charge in [-0.25, -0.2) is 0 Å². The number of fused-ring (bicyclic) bond motifs is 1. The second-order valence-electron chi connectivity index (χ2n) is 2.91. The van der Waals surface area contributed by atoms with Crippen LogP contribution in [0.5, 0.6) is 0 Å². The van der Waals surface area contributed by atoms with E-state index in [9.17, 15) is 0 Å². The van der Waals surface area contributed by atoms with Gasteiger partial charge in [0, 0.05) is 14.6 Å². The maximum absolute atomic E-state index is 4.39. The fraction of sp³-hybridized carbons (Fsp3) is 0.200. The first-order valence-electron chi connectivity index (χ1n) is 4.12. The van der Waals surface area contributed by atoms with Gasteiger partial charge in [0.25, 0.3) is 0 Å². The molecule has 1 aromatic carbocycles. The van der Waals surface area contributed by atoms with Gasteiger partial charge in [-0.15, -0.1) is 24.0 Å². The van der Waals surface area contributed by atoms with Crippen molar-refractivity contribution in [2.75, 3.05) is 0 Å². The molecule has 68 valence electrons. The predicted molar refractivity (Wildman–Crippen MR) is 66.2 cm³/mol. The quantitative estimate of drug-likeness (QED) is 0.726. The normalized spacial score (nSPS) is 11.0. The summed E-state index contributed by atoms with van der Waals surface area (Å²) in [6.07, 6.45) is 1.09. The monoisotopic (exact) mass is 272 g/mol. The molecule has 0 unspecified atom stereocenters. The van der Waals surface area contributed by atoms with Crippen LogP contribution in [0, 0.1) is 0 Å². The van der Waals surface area contributed by atoms with Crippen LogP contribution in [-0.2, 0) is 6.42 Å². The van der Waals surface area contributed by atoms with Gasteiger partial charge >= 0.3 is 0 Å². The van der Waals surface area contributed by atoms with Crippen molar-refractivity contribution < 1.29 is 0 Å². The van der Waals surface area contributed by atoms with E-state index in [1.54, 1.807) is 11.3 Å². The first-order valence-corrected chi connectivity index (χ1v) is 6.18. The molecule has 0 atom stereocenters. The molecule has 13 heavy (non-hydrogen) atoms. The molecular weight excluding hydrogens is 264 g/mol. The predicted octanol–water partition coefficient (Wildman–Crippen LogP) is 4.51. The highest BCUT2D eigenvalue weighted by Crippen LogP contribution is 2.38. The molecule has 0 aliphatic rings. The smallest absolute Gasteiger partial charge is 0.0723 e. The molecule has 0 nitrogen and oxygen atoms in total. The SMILES string of the molecule is CCc1ccc2c(Br)c(S)sc2c1. The first-order chi connectivity index (χ1) is 6.22. The molecule has 0 radical (unpaired) electrons. The summed E-state index contributed by atoms with van der Waals surface area (Å²) in [7, 11) is 0. The number of hydrogen-bond acceptors (Lipinski definition) is 2. The van der Waals surface area contributed by atoms with Crippen LogP contribution in [0.3, 0.4) is 0 Å². The zero-order chi connectivity index (χ0) is 9.42. The average Bonchev–Trinajstić information content (AvgIpc) is 2.42. The van der Waals surface area contributed by atoms with Gasteiger partial charge in [-0.05, 0) is 34.0 Å². The fourth-order valence-corrected chi connectivity index (χ4v) is 3.35. The van der Waals surface area contributed by atoms with Gasteiger partial charge in [-0.1, -0.05) is 19.1 Å². The Bertz CT molecular complexity index is 445. The van der Waals surface area contributed by atoms with E-state index in [0.717, 1.165) is 15.1 Å². The summed E-state index contributed by atoms with van der Waals surface area (Å²) < 4.78 is 3.50. The van der Waals surface area contributed by atoms with Crippen molar-refractivity contribution in [2.45, 2.75) is 17.6 Å². The lowest BCUT2D eigenvalue weighted by atomic mass is 10.1. The van der Waals surface area contributed by atoms with Crippen molar-refractivity contribution in [3.05, 3.63) is 28.2 Å². The molecule has 0 saturated carbocycles. The Kier molecular flexibility index (Phi) is 2.67. The van der Waals surface area contributed by atoms with Gasteiger partial charge in [0.1, 0.15) is 0 Å². The van der Waals surface area contributed by atoms with E-state index in [-0.39, 0.29) is 0 Å². The molecule has 0 amide bonds. The molecule has 0 aliphatic heterocycles. The maximum atomic E-state index is 4.39. The highest BCUT2D eigenvalue weighted by Gasteiger charge is 2.06. The van der Waals surface area contributed by atoms with Crippen LogP contribution in [0.15, 0.2) is 26.9 Å². The number of benzene rings is 1. The standard InChI is InChI=1S/C10H9BrS2/c1-2-6-3-4-7-8(5-6)13-10(12)9(7)11/h3-5,12H,2H2,1H3. The topological polar surface area (TPSA) is 0 Å². The molecular formula is C10H9BrS2. The summed E-state index contributed by atoms with van der Waals surface area (Å²) in [4.78, 5) is 0. The molecule has 0 bridgehead atoms. The van der Waals surface area contributed by atoms with Crippen molar-refractivity contribution in [1.29, 1.82) is 0 Å². The van der Waals surface area contributed by atoms with Crippen molar-refractivity contribution in [2.24, 2.45) is 0 Å². The van der Waals surface area contributed by atoms with Gasteiger partial charge in [-0.2, -0.15) is 0 Å². The third-order valence-corrected chi connectivity index (χ3v) is 4.93. The van der Waals surface area contributed by atoms with Crippen molar-refractivity contribution in [3.8, 4) is 0 Å². The molecule has 0 saturated heterocycles. The molecule has 1 heterocycles. The zero-order valence-electron chi connectivity index (χ0n) is 7.17. The molecule has 1 aromatic heterocycles. The van der Waals surface area contributed by atoms with E-state index < -0.39 is 0 Å². The molecule has 0 aliphatic carbocycles. The van der Waals surface area contributed by atoms with E-state index in [0.29, 0.717) is 0 Å². The molecule has 0 fully saturated rings. The summed E-state index contributed by atoms with van der Waals surface area (Å²) in [5.41, 5.74) is 1.38. The van der Waals surface area contributed by atoms with E-state index in [1.807, 2.05) is 0 Å². The van der Waals surface area contributed by atoms with E-state index >= 15 is 0 Å². The molecule has 3 heteroatoms. The van der Waals surface area contributed by atoms with Crippen LogP contribution in [0.1, 0.15) is 12.5 Å². The van der Waals surface area contributed by atoms with Crippen LogP contribution in [0.25, 0.3) is 10.1 Å². The minimum absolute atomic E-state index is 1.06. The van der Waals surface area contributed by atoms with Crippen LogP contribution in [0.4, 0.5) is 0 Å². The number of aryl methyl sites for hydroxylation is 1. The number of rotatable bonds is 1. The molecule has 2 rings (SSSR count). The van der Waals surface area contributed by atoms with Crippen molar-refractivity contribution in [3.63, 3.8) is 0 Å². The summed E-state index contributed by atoms with van der Waals surface area (Å²) in [5.74, 6) is 0. The minimum atomic E-state index is 1.06.